The fourth-order valence-electron chi connectivity index (χ4n) is 0.879. The fourth-order valence-corrected chi connectivity index (χ4v) is 2.49. The van der Waals surface area contributed by atoms with Crippen molar-refractivity contribution in [3.8, 4) is 0 Å². The van der Waals surface area contributed by atoms with E-state index in [-0.39, 0.29) is 5.78 Å². The maximum Gasteiger partial charge on any atom is 0.162 e. The molecule has 0 unspecified atom stereocenters. The predicted octanol–water partition coefficient (Wildman–Crippen LogP) is 3.96. The molecule has 0 aliphatic carbocycles. The topological polar surface area (TPSA) is 17.1 Å². The van der Waals surface area contributed by atoms with Crippen molar-refractivity contribution < 1.29 is 4.79 Å². The zero-order valence-corrected chi connectivity index (χ0v) is 9.29. The van der Waals surface area contributed by atoms with Crippen LogP contribution in [-0.2, 0) is 0 Å². The number of ketones is 1. The predicted molar refractivity (Wildman–Crippen MR) is 54.2 cm³/mol. The van der Waals surface area contributed by atoms with Crippen LogP contribution in [0, 0.1) is 0 Å². The number of halogens is 3. The van der Waals surface area contributed by atoms with Crippen LogP contribution in [0.5, 0.6) is 0 Å². The van der Waals surface area contributed by atoms with Gasteiger partial charge in [-0.25, -0.2) is 0 Å². The molecule has 0 aromatic heterocycles. The van der Waals surface area contributed by atoms with Crippen LogP contribution in [0.15, 0.2) is 16.6 Å². The molecule has 12 heavy (non-hydrogen) atoms. The Hall–Kier alpha value is -0.0500. The smallest absolute Gasteiger partial charge is 0.162 e. The maximum atomic E-state index is 11.0. The van der Waals surface area contributed by atoms with Gasteiger partial charge in [0, 0.05) is 9.50 Å². The molecule has 64 valence electrons. The minimum absolute atomic E-state index is 0.0801. The van der Waals surface area contributed by atoms with E-state index >= 15 is 0 Å². The van der Waals surface area contributed by atoms with E-state index in [9.17, 15) is 4.79 Å². The highest BCUT2D eigenvalue weighted by molar-refractivity contribution is 9.10. The molecule has 0 saturated carbocycles. The van der Waals surface area contributed by atoms with E-state index in [1.807, 2.05) is 0 Å². The van der Waals surface area contributed by atoms with Crippen molar-refractivity contribution in [3.05, 3.63) is 32.2 Å². The van der Waals surface area contributed by atoms with Gasteiger partial charge in [0.25, 0.3) is 0 Å². The second-order valence-corrected chi connectivity index (χ2v) is 4.00. The second kappa shape index (κ2) is 3.77. The number of hydrogen-bond acceptors (Lipinski definition) is 1. The molecule has 1 aromatic rings. The lowest BCUT2D eigenvalue weighted by Crippen LogP contribution is -1.94. The van der Waals surface area contributed by atoms with Crippen molar-refractivity contribution in [1.82, 2.24) is 0 Å². The number of carbonyl (C=O) groups excluding carboxylic acids is 1. The average molecular weight is 268 g/mol. The van der Waals surface area contributed by atoms with Gasteiger partial charge in [0.05, 0.1) is 10.6 Å². The van der Waals surface area contributed by atoms with Gasteiger partial charge in [0.1, 0.15) is 0 Å². The zero-order chi connectivity index (χ0) is 9.30. The lowest BCUT2D eigenvalue weighted by Gasteiger charge is -2.03. The molecule has 0 aliphatic heterocycles. The first-order chi connectivity index (χ1) is 5.52. The van der Waals surface area contributed by atoms with Gasteiger partial charge in [0.15, 0.2) is 5.78 Å². The van der Waals surface area contributed by atoms with Crippen molar-refractivity contribution in [1.29, 1.82) is 0 Å². The van der Waals surface area contributed by atoms with E-state index in [1.54, 1.807) is 12.1 Å². The molecule has 1 aromatic carbocycles. The van der Waals surface area contributed by atoms with Crippen LogP contribution in [0.25, 0.3) is 0 Å². The third-order valence-corrected chi connectivity index (χ3v) is 2.50. The highest BCUT2D eigenvalue weighted by Gasteiger charge is 2.10. The fraction of sp³-hybridized carbons (Fsp3) is 0.125. The standard InChI is InChI=1S/C8H5BrCl2O/c1-4(12)8-6(9)2-5(10)3-7(8)11/h2-3H,1H3. The Morgan fingerprint density at radius 1 is 1.42 bits per heavy atom. The minimum atomic E-state index is -0.0801. The van der Waals surface area contributed by atoms with Crippen LogP contribution >= 0.6 is 39.1 Å². The second-order valence-electron chi connectivity index (χ2n) is 2.30. The molecule has 0 amide bonds. The summed E-state index contributed by atoms with van der Waals surface area (Å²) in [6, 6.07) is 3.19. The number of carbonyl (C=O) groups is 1. The van der Waals surface area contributed by atoms with Crippen molar-refractivity contribution in [2.24, 2.45) is 0 Å². The highest BCUT2D eigenvalue weighted by atomic mass is 79.9. The summed E-state index contributed by atoms with van der Waals surface area (Å²) in [7, 11) is 0. The van der Waals surface area contributed by atoms with Crippen molar-refractivity contribution in [3.63, 3.8) is 0 Å². The maximum absolute atomic E-state index is 11.0. The summed E-state index contributed by atoms with van der Waals surface area (Å²) in [5, 5.41) is 0.888. The molecule has 0 fully saturated rings. The molecule has 0 N–H and O–H groups in total. The Morgan fingerprint density at radius 2 is 2.00 bits per heavy atom. The van der Waals surface area contributed by atoms with E-state index in [1.165, 1.54) is 6.92 Å². The first-order valence-electron chi connectivity index (χ1n) is 3.18. The van der Waals surface area contributed by atoms with Gasteiger partial charge in [-0.2, -0.15) is 0 Å². The van der Waals surface area contributed by atoms with Crippen LogP contribution in [0.3, 0.4) is 0 Å². The molecule has 0 spiro atoms. The molecule has 0 heterocycles. The Labute approximate surface area is 88.8 Å². The Balaban J connectivity index is 3.38. The summed E-state index contributed by atoms with van der Waals surface area (Å²) < 4.78 is 0.632. The minimum Gasteiger partial charge on any atom is -0.294 e. The summed E-state index contributed by atoms with van der Waals surface area (Å²) in [6.45, 7) is 1.46. The van der Waals surface area contributed by atoms with Gasteiger partial charge in [-0.3, -0.25) is 4.79 Å². The monoisotopic (exact) mass is 266 g/mol. The van der Waals surface area contributed by atoms with Crippen molar-refractivity contribution in [2.45, 2.75) is 6.92 Å². The van der Waals surface area contributed by atoms with Gasteiger partial charge in [0.2, 0.25) is 0 Å². The third kappa shape index (κ3) is 2.00. The van der Waals surface area contributed by atoms with Crippen LogP contribution < -0.4 is 0 Å². The Bertz CT molecular complexity index is 313. The van der Waals surface area contributed by atoms with Gasteiger partial charge >= 0.3 is 0 Å². The van der Waals surface area contributed by atoms with E-state index in [2.05, 4.69) is 15.9 Å². The molecule has 4 heteroatoms. The van der Waals surface area contributed by atoms with Gasteiger partial charge < -0.3 is 0 Å². The molecule has 0 atom stereocenters. The molecule has 1 nitrogen and oxygen atoms in total. The molecule has 0 aliphatic rings. The van der Waals surface area contributed by atoms with Gasteiger partial charge in [-0.05, 0) is 35.0 Å². The normalized spacial score (nSPS) is 10.0. The number of rotatable bonds is 1. The molecule has 0 radical (unpaired) electrons. The first kappa shape index (κ1) is 10.0. The summed E-state index contributed by atoms with van der Waals surface area (Å²) in [4.78, 5) is 11.0. The quantitative estimate of drug-likeness (QED) is 0.704. The summed E-state index contributed by atoms with van der Waals surface area (Å²) in [5.41, 5.74) is 0.473. The highest BCUT2D eigenvalue weighted by Crippen LogP contribution is 2.29. The number of Topliss-reactive ketones (excluding diaryl/α,β-unsaturated/α-hetero) is 1. The zero-order valence-electron chi connectivity index (χ0n) is 6.20. The van der Waals surface area contributed by atoms with Crippen LogP contribution in [-0.4, -0.2) is 5.78 Å². The molecular weight excluding hydrogens is 263 g/mol. The molecular formula is C8H5BrCl2O. The SMILES string of the molecule is CC(=O)c1c(Cl)cc(Cl)cc1Br. The number of benzene rings is 1. The van der Waals surface area contributed by atoms with Crippen molar-refractivity contribution in [2.75, 3.05) is 0 Å². The average Bonchev–Trinajstić information content (AvgIpc) is 1.82. The molecule has 1 rings (SSSR count). The van der Waals surface area contributed by atoms with Crippen LogP contribution in [0.1, 0.15) is 17.3 Å². The molecule has 0 saturated heterocycles. The summed E-state index contributed by atoms with van der Waals surface area (Å²) in [5.74, 6) is -0.0801. The van der Waals surface area contributed by atoms with E-state index < -0.39 is 0 Å². The Kier molecular flexibility index (Phi) is 3.16. The molecule has 0 bridgehead atoms. The Morgan fingerprint density at radius 3 is 2.42 bits per heavy atom. The lowest BCUT2D eigenvalue weighted by molar-refractivity contribution is 0.101. The van der Waals surface area contributed by atoms with E-state index in [0.717, 1.165) is 0 Å². The van der Waals surface area contributed by atoms with Crippen molar-refractivity contribution >= 4 is 44.9 Å². The largest absolute Gasteiger partial charge is 0.294 e. The van der Waals surface area contributed by atoms with E-state index in [0.29, 0.717) is 20.1 Å². The third-order valence-electron chi connectivity index (χ3n) is 1.36. The van der Waals surface area contributed by atoms with E-state index in [4.69, 9.17) is 23.2 Å². The van der Waals surface area contributed by atoms with Crippen LogP contribution in [0.2, 0.25) is 10.0 Å². The van der Waals surface area contributed by atoms with Gasteiger partial charge in [-0.15, -0.1) is 0 Å². The van der Waals surface area contributed by atoms with Gasteiger partial charge in [-0.1, -0.05) is 23.2 Å². The summed E-state index contributed by atoms with van der Waals surface area (Å²) in [6.07, 6.45) is 0. The lowest BCUT2D eigenvalue weighted by atomic mass is 10.1. The van der Waals surface area contributed by atoms with Crippen LogP contribution in [0.4, 0.5) is 0 Å². The summed E-state index contributed by atoms with van der Waals surface area (Å²) >= 11 is 14.7. The first-order valence-corrected chi connectivity index (χ1v) is 4.72. The number of hydrogen-bond donors (Lipinski definition) is 0.